The van der Waals surface area contributed by atoms with Gasteiger partial charge >= 0.3 is 5.97 Å². The fourth-order valence-corrected chi connectivity index (χ4v) is 2.41. The molecule has 2 rings (SSSR count). The third kappa shape index (κ3) is 2.61. The van der Waals surface area contributed by atoms with Crippen LogP contribution in [0.15, 0.2) is 26.4 Å². The van der Waals surface area contributed by atoms with E-state index in [1.807, 2.05) is 0 Å². The number of carbonyl (C=O) groups excluding carboxylic acids is 1. The Hall–Kier alpha value is -1.34. The first kappa shape index (κ1) is 11.2. The van der Waals surface area contributed by atoms with Gasteiger partial charge in [0.15, 0.2) is 4.34 Å². The van der Waals surface area contributed by atoms with Crippen LogP contribution in [0.5, 0.6) is 0 Å². The van der Waals surface area contributed by atoms with Crippen LogP contribution >= 0.6 is 23.1 Å². The highest BCUT2D eigenvalue weighted by Crippen LogP contribution is 2.24. The van der Waals surface area contributed by atoms with E-state index in [4.69, 9.17) is 4.42 Å². The van der Waals surface area contributed by atoms with Gasteiger partial charge in [0.2, 0.25) is 5.76 Å². The van der Waals surface area contributed by atoms with Gasteiger partial charge in [-0.25, -0.2) is 4.79 Å². The Morgan fingerprint density at radius 2 is 2.50 bits per heavy atom. The minimum Gasteiger partial charge on any atom is -0.463 e. The van der Waals surface area contributed by atoms with Crippen LogP contribution in [0.1, 0.15) is 16.3 Å². The molecule has 84 valence electrons. The summed E-state index contributed by atoms with van der Waals surface area (Å²) in [4.78, 5) is 11.1. The van der Waals surface area contributed by atoms with Gasteiger partial charge in [0.05, 0.1) is 12.9 Å². The van der Waals surface area contributed by atoms with Gasteiger partial charge in [-0.15, -0.1) is 10.2 Å². The van der Waals surface area contributed by atoms with E-state index in [9.17, 15) is 4.79 Å². The molecule has 16 heavy (non-hydrogen) atoms. The van der Waals surface area contributed by atoms with Crippen LogP contribution in [-0.4, -0.2) is 23.3 Å². The van der Waals surface area contributed by atoms with E-state index in [0.717, 1.165) is 4.34 Å². The van der Waals surface area contributed by atoms with Gasteiger partial charge in [-0.05, 0) is 12.1 Å². The molecule has 5 nitrogen and oxygen atoms in total. The molecule has 0 atom stereocenters. The lowest BCUT2D eigenvalue weighted by molar-refractivity contribution is 0.0563. The largest absolute Gasteiger partial charge is 0.463 e. The summed E-state index contributed by atoms with van der Waals surface area (Å²) in [6.45, 7) is 0. The van der Waals surface area contributed by atoms with Gasteiger partial charge < -0.3 is 9.15 Å². The van der Waals surface area contributed by atoms with Gasteiger partial charge in [-0.3, -0.25) is 0 Å². The third-order valence-electron chi connectivity index (χ3n) is 1.73. The van der Waals surface area contributed by atoms with Crippen LogP contribution in [0, 0.1) is 0 Å². The molecule has 0 aliphatic rings. The lowest BCUT2D eigenvalue weighted by Gasteiger charge is -1.94. The SMILES string of the molecule is COC(=O)c1ccc(CSc2nncs2)o1. The minimum atomic E-state index is -0.466. The summed E-state index contributed by atoms with van der Waals surface area (Å²) in [6, 6.07) is 3.35. The molecule has 7 heteroatoms. The fourth-order valence-electron chi connectivity index (χ4n) is 1.02. The average molecular weight is 256 g/mol. The monoisotopic (exact) mass is 256 g/mol. The van der Waals surface area contributed by atoms with Crippen molar-refractivity contribution in [3.63, 3.8) is 0 Å². The highest BCUT2D eigenvalue weighted by Gasteiger charge is 2.11. The highest BCUT2D eigenvalue weighted by molar-refractivity contribution is 8.00. The number of rotatable bonds is 4. The fraction of sp³-hybridized carbons (Fsp3) is 0.222. The number of carbonyl (C=O) groups is 1. The van der Waals surface area contributed by atoms with Crippen LogP contribution in [0.4, 0.5) is 0 Å². The molecule has 0 amide bonds. The minimum absolute atomic E-state index is 0.218. The molecule has 0 N–H and O–H groups in total. The summed E-state index contributed by atoms with van der Waals surface area (Å²) in [6.07, 6.45) is 0. The quantitative estimate of drug-likeness (QED) is 0.617. The molecule has 0 radical (unpaired) electrons. The van der Waals surface area contributed by atoms with E-state index in [2.05, 4.69) is 14.9 Å². The number of furan rings is 1. The van der Waals surface area contributed by atoms with E-state index in [1.165, 1.54) is 30.2 Å². The molecule has 0 unspecified atom stereocenters. The third-order valence-corrected chi connectivity index (χ3v) is 3.61. The summed E-state index contributed by atoms with van der Waals surface area (Å²) < 4.78 is 10.7. The summed E-state index contributed by atoms with van der Waals surface area (Å²) in [7, 11) is 1.32. The van der Waals surface area contributed by atoms with E-state index in [0.29, 0.717) is 11.5 Å². The smallest absolute Gasteiger partial charge is 0.373 e. The number of ether oxygens (including phenoxy) is 1. The summed E-state index contributed by atoms with van der Waals surface area (Å²) in [5.41, 5.74) is 1.67. The molecule has 0 fully saturated rings. The molecular formula is C9H8N2O3S2. The second kappa shape index (κ2) is 5.13. The molecule has 0 saturated heterocycles. The zero-order valence-corrected chi connectivity index (χ0v) is 10.0. The highest BCUT2D eigenvalue weighted by atomic mass is 32.2. The van der Waals surface area contributed by atoms with Crippen molar-refractivity contribution in [2.75, 3.05) is 7.11 Å². The number of hydrogen-bond acceptors (Lipinski definition) is 7. The number of nitrogens with zero attached hydrogens (tertiary/aromatic N) is 2. The Bertz CT molecular complexity index is 467. The molecule has 2 aromatic rings. The maximum absolute atomic E-state index is 11.1. The number of hydrogen-bond donors (Lipinski definition) is 0. The zero-order chi connectivity index (χ0) is 11.4. The van der Waals surface area contributed by atoms with Crippen molar-refractivity contribution >= 4 is 29.1 Å². The molecular weight excluding hydrogens is 248 g/mol. The first-order valence-electron chi connectivity index (χ1n) is 4.35. The summed E-state index contributed by atoms with van der Waals surface area (Å²) in [5.74, 6) is 1.08. The van der Waals surface area contributed by atoms with Crippen LogP contribution < -0.4 is 0 Å². The van der Waals surface area contributed by atoms with Gasteiger partial charge in [0.1, 0.15) is 11.3 Å². The lowest BCUT2D eigenvalue weighted by atomic mass is 10.4. The van der Waals surface area contributed by atoms with Crippen molar-refractivity contribution in [1.29, 1.82) is 0 Å². The van der Waals surface area contributed by atoms with Crippen LogP contribution in [0.2, 0.25) is 0 Å². The van der Waals surface area contributed by atoms with Crippen molar-refractivity contribution in [1.82, 2.24) is 10.2 Å². The summed E-state index contributed by atoms with van der Waals surface area (Å²) >= 11 is 2.98. The lowest BCUT2D eigenvalue weighted by Crippen LogP contribution is -1.98. The Morgan fingerprint density at radius 3 is 3.19 bits per heavy atom. The molecule has 0 aliphatic carbocycles. The molecule has 0 aromatic carbocycles. The van der Waals surface area contributed by atoms with Crippen molar-refractivity contribution in [3.05, 3.63) is 29.2 Å². The van der Waals surface area contributed by atoms with E-state index >= 15 is 0 Å². The Morgan fingerprint density at radius 1 is 1.62 bits per heavy atom. The first-order valence-corrected chi connectivity index (χ1v) is 6.22. The number of aromatic nitrogens is 2. The average Bonchev–Trinajstić information content (AvgIpc) is 2.96. The van der Waals surface area contributed by atoms with Gasteiger partial charge in [0.25, 0.3) is 0 Å². The van der Waals surface area contributed by atoms with Crippen LogP contribution in [0.25, 0.3) is 0 Å². The maximum Gasteiger partial charge on any atom is 0.373 e. The number of esters is 1. The number of methoxy groups -OCH3 is 1. The predicted octanol–water partition coefficient (Wildman–Crippen LogP) is 2.21. The van der Waals surface area contributed by atoms with Crippen molar-refractivity contribution in [2.45, 2.75) is 10.1 Å². The van der Waals surface area contributed by atoms with E-state index in [1.54, 1.807) is 17.6 Å². The molecule has 0 bridgehead atoms. The van der Waals surface area contributed by atoms with Gasteiger partial charge in [-0.2, -0.15) is 0 Å². The molecule has 0 aliphatic heterocycles. The normalized spacial score (nSPS) is 10.3. The van der Waals surface area contributed by atoms with Crippen molar-refractivity contribution in [2.24, 2.45) is 0 Å². The Balaban J connectivity index is 1.95. The first-order chi connectivity index (χ1) is 7.79. The van der Waals surface area contributed by atoms with Crippen molar-refractivity contribution in [3.8, 4) is 0 Å². The van der Waals surface area contributed by atoms with Crippen molar-refractivity contribution < 1.29 is 13.9 Å². The van der Waals surface area contributed by atoms with Gasteiger partial charge in [-0.1, -0.05) is 23.1 Å². The van der Waals surface area contributed by atoms with E-state index in [-0.39, 0.29) is 5.76 Å². The standard InChI is InChI=1S/C9H8N2O3S2/c1-13-8(12)7-3-2-6(14-7)4-15-9-11-10-5-16-9/h2-3,5H,4H2,1H3. The van der Waals surface area contributed by atoms with E-state index < -0.39 is 5.97 Å². The second-order valence-electron chi connectivity index (χ2n) is 2.75. The summed E-state index contributed by atoms with van der Waals surface area (Å²) in [5, 5.41) is 7.61. The molecule has 2 heterocycles. The predicted molar refractivity (Wildman–Crippen MR) is 59.5 cm³/mol. The molecule has 0 spiro atoms. The zero-order valence-electron chi connectivity index (χ0n) is 8.37. The Labute approximate surface area is 99.8 Å². The molecule has 0 saturated carbocycles. The topological polar surface area (TPSA) is 65.2 Å². The Kier molecular flexibility index (Phi) is 3.58. The maximum atomic E-state index is 11.1. The number of thioether (sulfide) groups is 1. The van der Waals surface area contributed by atoms with Crippen LogP contribution in [0.3, 0.4) is 0 Å². The van der Waals surface area contributed by atoms with Gasteiger partial charge in [0, 0.05) is 0 Å². The second-order valence-corrected chi connectivity index (χ2v) is 4.81. The molecule has 2 aromatic heterocycles. The van der Waals surface area contributed by atoms with Crippen LogP contribution in [-0.2, 0) is 10.5 Å².